The van der Waals surface area contributed by atoms with Crippen LogP contribution in [-0.2, 0) is 4.79 Å². The smallest absolute Gasteiger partial charge is 0.262 e. The van der Waals surface area contributed by atoms with Gasteiger partial charge in [-0.3, -0.25) is 9.59 Å². The molecule has 1 aliphatic rings. The molecule has 6 heteroatoms. The van der Waals surface area contributed by atoms with Gasteiger partial charge >= 0.3 is 0 Å². The van der Waals surface area contributed by atoms with Crippen LogP contribution >= 0.6 is 0 Å². The summed E-state index contributed by atoms with van der Waals surface area (Å²) >= 11 is 0. The molecule has 0 aliphatic heterocycles. The molecule has 2 aromatic rings. The molecule has 0 aromatic heterocycles. The first-order valence-electron chi connectivity index (χ1n) is 8.70. The maximum atomic E-state index is 12.9. The average molecular weight is 356 g/mol. The van der Waals surface area contributed by atoms with Crippen molar-refractivity contribution < 1.29 is 18.7 Å². The van der Waals surface area contributed by atoms with Crippen molar-refractivity contribution in [1.29, 1.82) is 0 Å². The summed E-state index contributed by atoms with van der Waals surface area (Å²) in [7, 11) is 0. The van der Waals surface area contributed by atoms with Crippen molar-refractivity contribution in [2.45, 2.75) is 31.7 Å². The van der Waals surface area contributed by atoms with Gasteiger partial charge in [0.1, 0.15) is 11.6 Å². The Hall–Kier alpha value is -2.89. The fourth-order valence-corrected chi connectivity index (χ4v) is 2.99. The molecular formula is C20H21FN2O3. The highest BCUT2D eigenvalue weighted by atomic mass is 19.1. The standard InChI is InChI=1S/C20H21FN2O3/c21-14-9-11-16(12-10-14)26-13-19(24)23-18-8-4-3-7-17(18)20(25)22-15-5-1-2-6-15/h3-4,7-12,15H,1-2,5-6,13H2,(H,22,25)(H,23,24). The lowest BCUT2D eigenvalue weighted by Gasteiger charge is -2.15. The highest BCUT2D eigenvalue weighted by Gasteiger charge is 2.20. The maximum absolute atomic E-state index is 12.9. The quantitative estimate of drug-likeness (QED) is 0.832. The first-order chi connectivity index (χ1) is 12.6. The summed E-state index contributed by atoms with van der Waals surface area (Å²) in [6.07, 6.45) is 4.24. The Morgan fingerprint density at radius 2 is 1.73 bits per heavy atom. The first-order valence-corrected chi connectivity index (χ1v) is 8.70. The van der Waals surface area contributed by atoms with E-state index in [2.05, 4.69) is 10.6 Å². The molecule has 1 saturated carbocycles. The monoisotopic (exact) mass is 356 g/mol. The van der Waals surface area contributed by atoms with Crippen molar-refractivity contribution >= 4 is 17.5 Å². The molecule has 0 atom stereocenters. The van der Waals surface area contributed by atoms with Gasteiger partial charge in [0, 0.05) is 6.04 Å². The molecule has 1 aliphatic carbocycles. The topological polar surface area (TPSA) is 67.4 Å². The highest BCUT2D eigenvalue weighted by molar-refractivity contribution is 6.04. The number of para-hydroxylation sites is 1. The summed E-state index contributed by atoms with van der Waals surface area (Å²) in [4.78, 5) is 24.6. The lowest BCUT2D eigenvalue weighted by molar-refractivity contribution is -0.118. The summed E-state index contributed by atoms with van der Waals surface area (Å²) in [5, 5.41) is 5.71. The van der Waals surface area contributed by atoms with E-state index < -0.39 is 5.91 Å². The Morgan fingerprint density at radius 1 is 1.04 bits per heavy atom. The van der Waals surface area contributed by atoms with Gasteiger partial charge in [0.15, 0.2) is 6.61 Å². The molecule has 2 aromatic carbocycles. The van der Waals surface area contributed by atoms with E-state index in [1.165, 1.54) is 24.3 Å². The van der Waals surface area contributed by atoms with Crippen molar-refractivity contribution in [3.8, 4) is 5.75 Å². The highest BCUT2D eigenvalue weighted by Crippen LogP contribution is 2.20. The van der Waals surface area contributed by atoms with Crippen LogP contribution in [0.2, 0.25) is 0 Å². The van der Waals surface area contributed by atoms with Crippen LogP contribution in [0.3, 0.4) is 0 Å². The number of carbonyl (C=O) groups is 2. The van der Waals surface area contributed by atoms with E-state index in [4.69, 9.17) is 4.74 Å². The SMILES string of the molecule is O=C(COc1ccc(F)cc1)Nc1ccccc1C(=O)NC1CCCC1. The number of ether oxygens (including phenoxy) is 1. The Morgan fingerprint density at radius 3 is 2.46 bits per heavy atom. The van der Waals surface area contributed by atoms with E-state index in [9.17, 15) is 14.0 Å². The number of nitrogens with one attached hydrogen (secondary N) is 2. The van der Waals surface area contributed by atoms with Gasteiger partial charge in [0.05, 0.1) is 11.3 Å². The molecule has 0 unspecified atom stereocenters. The zero-order valence-corrected chi connectivity index (χ0v) is 14.3. The van der Waals surface area contributed by atoms with Gasteiger partial charge in [-0.2, -0.15) is 0 Å². The predicted octanol–water partition coefficient (Wildman–Crippen LogP) is 3.52. The van der Waals surface area contributed by atoms with Gasteiger partial charge in [0.2, 0.25) is 0 Å². The molecule has 0 radical (unpaired) electrons. The van der Waals surface area contributed by atoms with E-state index in [1.54, 1.807) is 24.3 Å². The van der Waals surface area contributed by atoms with Gasteiger partial charge in [-0.1, -0.05) is 25.0 Å². The zero-order chi connectivity index (χ0) is 18.4. The Labute approximate surface area is 151 Å². The molecule has 0 saturated heterocycles. The summed E-state index contributed by atoms with van der Waals surface area (Å²) in [5.74, 6) is -0.555. The number of hydrogen-bond donors (Lipinski definition) is 2. The second kappa shape index (κ2) is 8.47. The number of halogens is 1. The maximum Gasteiger partial charge on any atom is 0.262 e. The van der Waals surface area contributed by atoms with Gasteiger partial charge in [-0.25, -0.2) is 4.39 Å². The Kier molecular flexibility index (Phi) is 5.84. The third-order valence-electron chi connectivity index (χ3n) is 4.32. The number of amides is 2. The second-order valence-electron chi connectivity index (χ2n) is 6.29. The summed E-state index contributed by atoms with van der Waals surface area (Å²) in [6.45, 7) is -0.232. The lowest BCUT2D eigenvalue weighted by Crippen LogP contribution is -2.33. The number of rotatable bonds is 6. The summed E-state index contributed by atoms with van der Waals surface area (Å²) in [5.41, 5.74) is 0.866. The fourth-order valence-electron chi connectivity index (χ4n) is 2.99. The predicted molar refractivity (Wildman–Crippen MR) is 96.7 cm³/mol. The second-order valence-corrected chi connectivity index (χ2v) is 6.29. The molecule has 5 nitrogen and oxygen atoms in total. The third-order valence-corrected chi connectivity index (χ3v) is 4.32. The normalized spacial score (nSPS) is 14.0. The number of anilines is 1. The first kappa shape index (κ1) is 17.9. The van der Waals surface area contributed by atoms with E-state index in [0.29, 0.717) is 17.0 Å². The molecule has 2 amide bonds. The Bertz CT molecular complexity index is 771. The van der Waals surface area contributed by atoms with Gasteiger partial charge in [0.25, 0.3) is 11.8 Å². The minimum atomic E-state index is -0.393. The molecule has 0 spiro atoms. The van der Waals surface area contributed by atoms with Crippen LogP contribution in [0, 0.1) is 5.82 Å². The molecule has 3 rings (SSSR count). The molecule has 26 heavy (non-hydrogen) atoms. The third kappa shape index (κ3) is 4.81. The summed E-state index contributed by atoms with van der Waals surface area (Å²) in [6, 6.07) is 12.5. The van der Waals surface area contributed by atoms with Gasteiger partial charge in [-0.15, -0.1) is 0 Å². The molecule has 0 bridgehead atoms. The van der Waals surface area contributed by atoms with E-state index >= 15 is 0 Å². The van der Waals surface area contributed by atoms with Crippen molar-refractivity contribution in [2.24, 2.45) is 0 Å². The molecule has 0 heterocycles. The van der Waals surface area contributed by atoms with Crippen LogP contribution in [-0.4, -0.2) is 24.5 Å². The van der Waals surface area contributed by atoms with Crippen LogP contribution < -0.4 is 15.4 Å². The lowest BCUT2D eigenvalue weighted by atomic mass is 10.1. The van der Waals surface area contributed by atoms with Crippen molar-refractivity contribution in [2.75, 3.05) is 11.9 Å². The van der Waals surface area contributed by atoms with Crippen LogP contribution in [0.25, 0.3) is 0 Å². The van der Waals surface area contributed by atoms with E-state index in [1.807, 2.05) is 0 Å². The largest absolute Gasteiger partial charge is 0.484 e. The number of carbonyl (C=O) groups excluding carboxylic acids is 2. The average Bonchev–Trinajstić information content (AvgIpc) is 3.14. The van der Waals surface area contributed by atoms with Crippen molar-refractivity contribution in [3.63, 3.8) is 0 Å². The van der Waals surface area contributed by atoms with Crippen molar-refractivity contribution in [1.82, 2.24) is 5.32 Å². The number of hydrogen-bond acceptors (Lipinski definition) is 3. The van der Waals surface area contributed by atoms with Crippen LogP contribution in [0.15, 0.2) is 48.5 Å². The van der Waals surface area contributed by atoms with Crippen LogP contribution in [0.5, 0.6) is 5.75 Å². The summed E-state index contributed by atoms with van der Waals surface area (Å²) < 4.78 is 18.2. The molecule has 2 N–H and O–H groups in total. The van der Waals surface area contributed by atoms with Gasteiger partial charge in [-0.05, 0) is 49.2 Å². The van der Waals surface area contributed by atoms with Gasteiger partial charge < -0.3 is 15.4 Å². The zero-order valence-electron chi connectivity index (χ0n) is 14.3. The molecule has 136 valence electrons. The Balaban J connectivity index is 1.59. The van der Waals surface area contributed by atoms with Crippen LogP contribution in [0.1, 0.15) is 36.0 Å². The van der Waals surface area contributed by atoms with Crippen molar-refractivity contribution in [3.05, 3.63) is 59.9 Å². The minimum absolute atomic E-state index is 0.188. The molecular weight excluding hydrogens is 335 g/mol. The van der Waals surface area contributed by atoms with Crippen LogP contribution in [0.4, 0.5) is 10.1 Å². The van der Waals surface area contributed by atoms with E-state index in [-0.39, 0.29) is 24.4 Å². The van der Waals surface area contributed by atoms with E-state index in [0.717, 1.165) is 25.7 Å². The molecule has 1 fully saturated rings. The number of benzene rings is 2. The minimum Gasteiger partial charge on any atom is -0.484 e. The fraction of sp³-hybridized carbons (Fsp3) is 0.300.